The molecule has 1 aromatic carbocycles. The summed E-state index contributed by atoms with van der Waals surface area (Å²) < 4.78 is 47.2. The molecule has 0 radical (unpaired) electrons. The lowest BCUT2D eigenvalue weighted by Crippen LogP contribution is -2.49. The number of nitrogens with zero attached hydrogens (tertiary/aromatic N) is 2. The molecule has 4 bridgehead atoms. The van der Waals surface area contributed by atoms with Crippen LogP contribution in [-0.4, -0.2) is 12.1 Å². The van der Waals surface area contributed by atoms with E-state index in [4.69, 9.17) is 9.72 Å². The second-order valence-electron chi connectivity index (χ2n) is 9.68. The minimum Gasteiger partial charge on any atom is -0.497 e. The van der Waals surface area contributed by atoms with E-state index in [-0.39, 0.29) is 16.0 Å². The smallest absolute Gasteiger partial charge is 0.417 e. The van der Waals surface area contributed by atoms with Gasteiger partial charge >= 0.3 is 6.18 Å². The summed E-state index contributed by atoms with van der Waals surface area (Å²) in [4.78, 5) is 4.77. The summed E-state index contributed by atoms with van der Waals surface area (Å²) in [5.74, 6) is 2.96. The predicted octanol–water partition coefficient (Wildman–Crippen LogP) is 6.74. The molecule has 0 N–H and O–H groups in total. The highest BCUT2D eigenvalue weighted by Gasteiger charge is 2.53. The molecular weight excluding hydrogens is 433 g/mol. The number of hydrogen-bond acceptors (Lipinski definition) is 4. The Kier molecular flexibility index (Phi) is 5.40. The van der Waals surface area contributed by atoms with Crippen LogP contribution in [0.15, 0.2) is 35.4 Å². The van der Waals surface area contributed by atoms with Crippen LogP contribution in [0.25, 0.3) is 0 Å². The average molecular weight is 459 g/mol. The Labute approximate surface area is 190 Å². The van der Waals surface area contributed by atoms with Gasteiger partial charge in [0, 0.05) is 16.9 Å². The minimum atomic E-state index is -4.58. The van der Waals surface area contributed by atoms with Gasteiger partial charge in [-0.25, -0.2) is 4.98 Å². The van der Waals surface area contributed by atoms with Gasteiger partial charge in [0.05, 0.1) is 18.2 Å². The zero-order valence-electron chi connectivity index (χ0n) is 17.9. The van der Waals surface area contributed by atoms with Crippen molar-refractivity contribution < 1.29 is 17.9 Å². The van der Waals surface area contributed by atoms with Crippen molar-refractivity contribution in [2.24, 2.45) is 17.8 Å². The summed E-state index contributed by atoms with van der Waals surface area (Å²) in [6.45, 7) is 0. The van der Waals surface area contributed by atoms with Gasteiger partial charge in [-0.3, -0.25) is 0 Å². The second-order valence-corrected chi connectivity index (χ2v) is 10.6. The molecule has 0 saturated heterocycles. The number of thioether (sulfide) groups is 1. The fourth-order valence-electron chi connectivity index (χ4n) is 6.53. The first-order chi connectivity index (χ1) is 15.3. The largest absolute Gasteiger partial charge is 0.497 e. The molecule has 32 heavy (non-hydrogen) atoms. The fourth-order valence-corrected chi connectivity index (χ4v) is 7.49. The standard InChI is InChI=1S/C25H25F3N2OS/c1-31-19-4-2-15(3-5-19)14-32-23-20(13-29)21(25(26,27)28)9-22(30-23)24-10-16-6-17(11-24)8-18(7-16)12-24/h2-5,9,16-18H,6-8,10-12,14H2,1H3. The predicted molar refractivity (Wildman–Crippen MR) is 116 cm³/mol. The van der Waals surface area contributed by atoms with E-state index in [1.165, 1.54) is 37.1 Å². The molecule has 4 fully saturated rings. The van der Waals surface area contributed by atoms with E-state index in [0.717, 1.165) is 30.6 Å². The molecule has 0 unspecified atom stereocenters. The lowest BCUT2D eigenvalue weighted by atomic mass is 9.48. The quantitative estimate of drug-likeness (QED) is 0.466. The maximum absolute atomic E-state index is 14.0. The number of alkyl halides is 3. The molecule has 0 aliphatic heterocycles. The molecule has 2 aromatic rings. The number of aromatic nitrogens is 1. The summed E-state index contributed by atoms with van der Waals surface area (Å²) >= 11 is 1.21. The number of hydrogen-bond donors (Lipinski definition) is 0. The van der Waals surface area contributed by atoms with Crippen LogP contribution >= 0.6 is 11.8 Å². The number of ether oxygens (including phenoxy) is 1. The number of benzene rings is 1. The number of nitriles is 1. The lowest BCUT2D eigenvalue weighted by Gasteiger charge is -2.56. The lowest BCUT2D eigenvalue weighted by molar-refractivity contribution is -0.138. The van der Waals surface area contributed by atoms with Crippen molar-refractivity contribution in [1.29, 1.82) is 5.26 Å². The van der Waals surface area contributed by atoms with Crippen molar-refractivity contribution in [3.05, 3.63) is 52.7 Å². The molecule has 6 rings (SSSR count). The molecule has 0 atom stereocenters. The first-order valence-corrected chi connectivity index (χ1v) is 12.1. The minimum absolute atomic E-state index is 0.198. The Morgan fingerprint density at radius 2 is 1.69 bits per heavy atom. The maximum Gasteiger partial charge on any atom is 0.417 e. The summed E-state index contributed by atoms with van der Waals surface area (Å²) in [7, 11) is 1.58. The third-order valence-electron chi connectivity index (χ3n) is 7.52. The first-order valence-electron chi connectivity index (χ1n) is 11.1. The Balaban J connectivity index is 1.53. The van der Waals surface area contributed by atoms with E-state index in [1.54, 1.807) is 13.2 Å². The van der Waals surface area contributed by atoms with Gasteiger partial charge in [0.15, 0.2) is 0 Å². The topological polar surface area (TPSA) is 45.9 Å². The van der Waals surface area contributed by atoms with Gasteiger partial charge in [-0.15, -0.1) is 11.8 Å². The van der Waals surface area contributed by atoms with Crippen molar-refractivity contribution in [2.45, 2.75) is 60.9 Å². The van der Waals surface area contributed by atoms with E-state index < -0.39 is 11.7 Å². The molecule has 7 heteroatoms. The number of methoxy groups -OCH3 is 1. The van der Waals surface area contributed by atoms with Gasteiger partial charge < -0.3 is 4.74 Å². The second kappa shape index (κ2) is 7.98. The Bertz CT molecular complexity index is 1020. The molecule has 4 aliphatic rings. The van der Waals surface area contributed by atoms with Crippen molar-refractivity contribution in [1.82, 2.24) is 4.98 Å². The molecule has 4 aliphatic carbocycles. The molecule has 1 heterocycles. The molecule has 168 valence electrons. The van der Waals surface area contributed by atoms with Gasteiger partial charge in [0.2, 0.25) is 0 Å². The van der Waals surface area contributed by atoms with Gasteiger partial charge in [-0.05, 0) is 80.0 Å². The SMILES string of the molecule is COc1ccc(CSc2nc(C34CC5CC(CC(C5)C3)C4)cc(C(F)(F)F)c2C#N)cc1. The highest BCUT2D eigenvalue weighted by Crippen LogP contribution is 2.60. The zero-order chi connectivity index (χ0) is 22.5. The van der Waals surface area contributed by atoms with Crippen LogP contribution in [-0.2, 0) is 17.3 Å². The first kappa shape index (κ1) is 21.6. The summed E-state index contributed by atoms with van der Waals surface area (Å²) in [6.07, 6.45) is 1.83. The fraction of sp³-hybridized carbons (Fsp3) is 0.520. The van der Waals surface area contributed by atoms with E-state index in [1.807, 2.05) is 24.3 Å². The molecule has 1 aromatic heterocycles. The third-order valence-corrected chi connectivity index (χ3v) is 8.57. The maximum atomic E-state index is 14.0. The van der Waals surface area contributed by atoms with Crippen molar-refractivity contribution in [2.75, 3.05) is 7.11 Å². The highest BCUT2D eigenvalue weighted by atomic mass is 32.2. The third kappa shape index (κ3) is 3.87. The normalized spacial score (nSPS) is 28.5. The number of pyridine rings is 1. The van der Waals surface area contributed by atoms with Gasteiger partial charge in [0.25, 0.3) is 0 Å². The van der Waals surface area contributed by atoms with Gasteiger partial charge in [-0.1, -0.05) is 12.1 Å². The van der Waals surface area contributed by atoms with E-state index in [9.17, 15) is 18.4 Å². The van der Waals surface area contributed by atoms with Gasteiger partial charge in [0.1, 0.15) is 16.8 Å². The van der Waals surface area contributed by atoms with Crippen molar-refractivity contribution in [3.63, 3.8) is 0 Å². The average Bonchev–Trinajstić information content (AvgIpc) is 2.75. The molecule has 0 amide bonds. The summed E-state index contributed by atoms with van der Waals surface area (Å²) in [6, 6.07) is 10.4. The summed E-state index contributed by atoms with van der Waals surface area (Å²) in [5.41, 5.74) is 0.0379. The van der Waals surface area contributed by atoms with Crippen molar-refractivity contribution >= 4 is 11.8 Å². The summed E-state index contributed by atoms with van der Waals surface area (Å²) in [5, 5.41) is 9.83. The van der Waals surface area contributed by atoms with Crippen molar-refractivity contribution in [3.8, 4) is 11.8 Å². The van der Waals surface area contributed by atoms with Crippen LogP contribution in [0, 0.1) is 29.1 Å². The van der Waals surface area contributed by atoms with E-state index in [0.29, 0.717) is 29.2 Å². The van der Waals surface area contributed by atoms with Crippen LogP contribution in [0.4, 0.5) is 13.2 Å². The number of halogens is 3. The zero-order valence-corrected chi connectivity index (χ0v) is 18.7. The van der Waals surface area contributed by atoms with Crippen LogP contribution in [0.5, 0.6) is 5.75 Å². The molecule has 3 nitrogen and oxygen atoms in total. The Morgan fingerprint density at radius 3 is 2.19 bits per heavy atom. The molecular formula is C25H25F3N2OS. The van der Waals surface area contributed by atoms with E-state index >= 15 is 0 Å². The highest BCUT2D eigenvalue weighted by molar-refractivity contribution is 7.98. The molecule has 4 saturated carbocycles. The van der Waals surface area contributed by atoms with E-state index in [2.05, 4.69) is 0 Å². The van der Waals surface area contributed by atoms with Crippen LogP contribution in [0.1, 0.15) is 60.9 Å². The number of rotatable bonds is 5. The Morgan fingerprint density at radius 1 is 1.09 bits per heavy atom. The van der Waals surface area contributed by atoms with Crippen LogP contribution < -0.4 is 4.74 Å². The Hall–Kier alpha value is -2.20. The van der Waals surface area contributed by atoms with Crippen LogP contribution in [0.2, 0.25) is 0 Å². The molecule has 0 spiro atoms. The van der Waals surface area contributed by atoms with Gasteiger partial charge in [-0.2, -0.15) is 18.4 Å². The van der Waals surface area contributed by atoms with Crippen LogP contribution in [0.3, 0.4) is 0 Å². The monoisotopic (exact) mass is 458 g/mol.